The van der Waals surface area contributed by atoms with Crippen LogP contribution in [0.15, 0.2) is 55.0 Å². The van der Waals surface area contributed by atoms with E-state index in [1.165, 1.54) is 12.1 Å². The van der Waals surface area contributed by atoms with Gasteiger partial charge in [-0.1, -0.05) is 12.1 Å². The molecule has 0 saturated carbocycles. The van der Waals surface area contributed by atoms with E-state index in [4.69, 9.17) is 0 Å². The van der Waals surface area contributed by atoms with Crippen LogP contribution in [0.3, 0.4) is 0 Å². The number of carbonyl (C=O) groups excluding carboxylic acids is 1. The molecule has 1 aromatic carbocycles. The molecular weight excluding hydrogens is 331 g/mol. The molecule has 4 rings (SSSR count). The van der Waals surface area contributed by atoms with Crippen molar-refractivity contribution < 1.29 is 9.18 Å². The predicted molar refractivity (Wildman–Crippen MR) is 94.8 cm³/mol. The molecule has 0 spiro atoms. The standard InChI is InChI=1S/C20H17FN4O/c21-16-5-2-1-4-14(16)20(26)25-18-7-3-6-17-15(18)12-23-19(24-17)13-8-10-22-11-9-13/h1-2,4-5,8-12,18H,3,6-7H2,(H,25,26)/t18-/m0/s1. The van der Waals surface area contributed by atoms with Crippen molar-refractivity contribution in [3.63, 3.8) is 0 Å². The third kappa shape index (κ3) is 3.18. The van der Waals surface area contributed by atoms with Gasteiger partial charge in [0.2, 0.25) is 0 Å². The first-order chi connectivity index (χ1) is 12.7. The first kappa shape index (κ1) is 16.3. The zero-order chi connectivity index (χ0) is 17.9. The summed E-state index contributed by atoms with van der Waals surface area (Å²) in [6, 6.07) is 9.50. The van der Waals surface area contributed by atoms with Crippen molar-refractivity contribution in [2.75, 3.05) is 0 Å². The maximum Gasteiger partial charge on any atom is 0.254 e. The van der Waals surface area contributed by atoms with Gasteiger partial charge < -0.3 is 5.32 Å². The summed E-state index contributed by atoms with van der Waals surface area (Å²) in [6.07, 6.45) is 7.70. The first-order valence-electron chi connectivity index (χ1n) is 8.54. The Morgan fingerprint density at radius 1 is 1.15 bits per heavy atom. The van der Waals surface area contributed by atoms with E-state index < -0.39 is 11.7 Å². The van der Waals surface area contributed by atoms with Crippen LogP contribution in [0.2, 0.25) is 0 Å². The van der Waals surface area contributed by atoms with Crippen LogP contribution < -0.4 is 5.32 Å². The maximum atomic E-state index is 13.8. The van der Waals surface area contributed by atoms with Gasteiger partial charge in [0.15, 0.2) is 5.82 Å². The molecule has 0 saturated heterocycles. The summed E-state index contributed by atoms with van der Waals surface area (Å²) in [5.41, 5.74) is 2.78. The molecule has 2 heterocycles. The summed E-state index contributed by atoms with van der Waals surface area (Å²) in [6.45, 7) is 0. The molecule has 3 aromatic rings. The van der Waals surface area contributed by atoms with Crippen molar-refractivity contribution in [2.45, 2.75) is 25.3 Å². The highest BCUT2D eigenvalue weighted by molar-refractivity contribution is 5.94. The van der Waals surface area contributed by atoms with Crippen molar-refractivity contribution in [2.24, 2.45) is 0 Å². The van der Waals surface area contributed by atoms with Crippen LogP contribution in [0.5, 0.6) is 0 Å². The summed E-state index contributed by atoms with van der Waals surface area (Å²) in [5, 5.41) is 2.92. The number of carbonyl (C=O) groups is 1. The Morgan fingerprint density at radius 3 is 2.77 bits per heavy atom. The van der Waals surface area contributed by atoms with Crippen LogP contribution in [0, 0.1) is 5.82 Å². The average Bonchev–Trinajstić information content (AvgIpc) is 2.69. The fourth-order valence-corrected chi connectivity index (χ4v) is 3.22. The summed E-state index contributed by atoms with van der Waals surface area (Å²) in [5.74, 6) is -0.295. The van der Waals surface area contributed by atoms with E-state index in [0.717, 1.165) is 36.1 Å². The third-order valence-electron chi connectivity index (χ3n) is 4.54. The lowest BCUT2D eigenvalue weighted by molar-refractivity contribution is 0.0928. The molecule has 0 bridgehead atoms. The molecule has 1 aliphatic rings. The Balaban J connectivity index is 1.60. The molecule has 1 aliphatic carbocycles. The van der Waals surface area contributed by atoms with E-state index >= 15 is 0 Å². The molecule has 1 atom stereocenters. The van der Waals surface area contributed by atoms with Crippen LogP contribution >= 0.6 is 0 Å². The second-order valence-electron chi connectivity index (χ2n) is 6.23. The van der Waals surface area contributed by atoms with E-state index in [1.807, 2.05) is 12.1 Å². The van der Waals surface area contributed by atoms with Gasteiger partial charge in [0.25, 0.3) is 5.91 Å². The molecule has 5 nitrogen and oxygen atoms in total. The number of halogens is 1. The number of nitrogens with zero attached hydrogens (tertiary/aromatic N) is 3. The normalized spacial score (nSPS) is 16.0. The third-order valence-corrected chi connectivity index (χ3v) is 4.54. The fraction of sp³-hybridized carbons (Fsp3) is 0.200. The molecular formula is C20H17FN4O. The Kier molecular flexibility index (Phi) is 4.39. The zero-order valence-electron chi connectivity index (χ0n) is 14.0. The number of fused-ring (bicyclic) bond motifs is 1. The van der Waals surface area contributed by atoms with E-state index in [0.29, 0.717) is 5.82 Å². The molecule has 1 amide bonds. The van der Waals surface area contributed by atoms with Crippen molar-refractivity contribution >= 4 is 5.91 Å². The summed E-state index contributed by atoms with van der Waals surface area (Å²) in [4.78, 5) is 25.6. The smallest absolute Gasteiger partial charge is 0.254 e. The molecule has 6 heteroatoms. The lowest BCUT2D eigenvalue weighted by atomic mass is 9.92. The van der Waals surface area contributed by atoms with Gasteiger partial charge in [-0.25, -0.2) is 14.4 Å². The Morgan fingerprint density at radius 2 is 1.96 bits per heavy atom. The molecule has 1 N–H and O–H groups in total. The van der Waals surface area contributed by atoms with Crippen LogP contribution in [0.1, 0.15) is 40.5 Å². The number of hydrogen-bond donors (Lipinski definition) is 1. The lowest BCUT2D eigenvalue weighted by Crippen LogP contribution is -2.32. The predicted octanol–water partition coefficient (Wildman–Crippen LogP) is 3.49. The van der Waals surface area contributed by atoms with Gasteiger partial charge in [-0.3, -0.25) is 9.78 Å². The minimum absolute atomic E-state index is 0.0500. The number of hydrogen-bond acceptors (Lipinski definition) is 4. The lowest BCUT2D eigenvalue weighted by Gasteiger charge is -2.25. The molecule has 130 valence electrons. The molecule has 0 fully saturated rings. The number of aromatic nitrogens is 3. The number of amides is 1. The molecule has 0 radical (unpaired) electrons. The molecule has 0 aliphatic heterocycles. The van der Waals surface area contributed by atoms with Gasteiger partial charge in [-0.2, -0.15) is 0 Å². The SMILES string of the molecule is O=C(N[C@H]1CCCc2nc(-c3ccncc3)ncc21)c1ccccc1F. The first-order valence-corrected chi connectivity index (χ1v) is 8.54. The second-order valence-corrected chi connectivity index (χ2v) is 6.23. The van der Waals surface area contributed by atoms with Gasteiger partial charge in [0.05, 0.1) is 11.6 Å². The van der Waals surface area contributed by atoms with Crippen molar-refractivity contribution in [1.29, 1.82) is 0 Å². The monoisotopic (exact) mass is 348 g/mol. The fourth-order valence-electron chi connectivity index (χ4n) is 3.22. The van der Waals surface area contributed by atoms with Gasteiger partial charge in [-0.05, 0) is 43.5 Å². The van der Waals surface area contributed by atoms with Crippen molar-refractivity contribution in [3.8, 4) is 11.4 Å². The number of aryl methyl sites for hydroxylation is 1. The number of rotatable bonds is 3. The van der Waals surface area contributed by atoms with Crippen LogP contribution in [0.25, 0.3) is 11.4 Å². The largest absolute Gasteiger partial charge is 0.345 e. The number of benzene rings is 1. The number of nitrogens with one attached hydrogen (secondary N) is 1. The number of pyridine rings is 1. The average molecular weight is 348 g/mol. The highest BCUT2D eigenvalue weighted by Gasteiger charge is 2.25. The van der Waals surface area contributed by atoms with Crippen molar-refractivity contribution in [1.82, 2.24) is 20.3 Å². The Hall–Kier alpha value is -3.15. The highest BCUT2D eigenvalue weighted by Crippen LogP contribution is 2.29. The topological polar surface area (TPSA) is 67.8 Å². The van der Waals surface area contributed by atoms with Gasteiger partial charge in [-0.15, -0.1) is 0 Å². The van der Waals surface area contributed by atoms with Crippen LogP contribution in [0.4, 0.5) is 4.39 Å². The van der Waals surface area contributed by atoms with Gasteiger partial charge in [0, 0.05) is 35.4 Å². The summed E-state index contributed by atoms with van der Waals surface area (Å²) >= 11 is 0. The Labute approximate surface area is 150 Å². The highest BCUT2D eigenvalue weighted by atomic mass is 19.1. The van der Waals surface area contributed by atoms with E-state index in [9.17, 15) is 9.18 Å². The second kappa shape index (κ2) is 7.00. The summed E-state index contributed by atoms with van der Waals surface area (Å²) < 4.78 is 13.8. The Bertz CT molecular complexity index is 946. The van der Waals surface area contributed by atoms with Crippen LogP contribution in [-0.4, -0.2) is 20.9 Å². The van der Waals surface area contributed by atoms with Crippen LogP contribution in [-0.2, 0) is 6.42 Å². The quantitative estimate of drug-likeness (QED) is 0.787. The minimum atomic E-state index is -0.523. The van der Waals surface area contributed by atoms with E-state index in [1.54, 1.807) is 30.7 Å². The molecule has 26 heavy (non-hydrogen) atoms. The van der Waals surface area contributed by atoms with E-state index in [2.05, 4.69) is 20.3 Å². The van der Waals surface area contributed by atoms with Gasteiger partial charge >= 0.3 is 0 Å². The van der Waals surface area contributed by atoms with E-state index in [-0.39, 0.29) is 11.6 Å². The maximum absolute atomic E-state index is 13.8. The summed E-state index contributed by atoms with van der Waals surface area (Å²) in [7, 11) is 0. The van der Waals surface area contributed by atoms with Gasteiger partial charge in [0.1, 0.15) is 5.82 Å². The minimum Gasteiger partial charge on any atom is -0.345 e. The van der Waals surface area contributed by atoms with Crippen molar-refractivity contribution in [3.05, 3.63) is 77.6 Å². The zero-order valence-corrected chi connectivity index (χ0v) is 14.0. The molecule has 0 unspecified atom stereocenters. The molecule has 2 aromatic heterocycles.